The molecule has 0 radical (unpaired) electrons. The van der Waals surface area contributed by atoms with E-state index in [-0.39, 0.29) is 0 Å². The molecule has 8 heterocycles. The van der Waals surface area contributed by atoms with Crippen LogP contribution in [0.4, 0.5) is 0 Å². The van der Waals surface area contributed by atoms with Gasteiger partial charge in [-0.3, -0.25) is 19.9 Å². The van der Waals surface area contributed by atoms with Crippen LogP contribution in [0.1, 0.15) is 89.5 Å². The maximum absolute atomic E-state index is 5.84. The molecule has 0 saturated carbocycles. The molecule has 8 heteroatoms. The predicted molar refractivity (Wildman–Crippen MR) is 399 cm³/mol. The summed E-state index contributed by atoms with van der Waals surface area (Å²) >= 11 is 3.79. The summed E-state index contributed by atoms with van der Waals surface area (Å²) in [6, 6.07) is 67.6. The van der Waals surface area contributed by atoms with Crippen molar-refractivity contribution in [1.82, 2.24) is 19.9 Å². The fourth-order valence-corrected chi connectivity index (χ4v) is 13.9. The van der Waals surface area contributed by atoms with Crippen molar-refractivity contribution in [1.29, 1.82) is 0 Å². The van der Waals surface area contributed by atoms with Crippen molar-refractivity contribution in [2.24, 2.45) is 0 Å². The van der Waals surface area contributed by atoms with Gasteiger partial charge in [-0.1, -0.05) is 121 Å². The Labute approximate surface area is 551 Å². The van der Waals surface area contributed by atoms with Crippen LogP contribution in [0.15, 0.2) is 228 Å². The monoisotopic (exact) mass is 1240 g/mol. The first-order valence-corrected chi connectivity index (χ1v) is 32.9. The summed E-state index contributed by atoms with van der Waals surface area (Å²) in [5.74, 6) is 0. The normalized spacial score (nSPS) is 10.6. The van der Waals surface area contributed by atoms with Crippen molar-refractivity contribution >= 4 is 107 Å². The van der Waals surface area contributed by atoms with E-state index in [2.05, 4.69) is 222 Å². The van der Waals surface area contributed by atoms with E-state index in [1.165, 1.54) is 129 Å². The molecular weight excluding hydrogens is 1160 g/mol. The Bertz CT molecular complexity index is 4720. The van der Waals surface area contributed by atoms with Gasteiger partial charge in [0.25, 0.3) is 0 Å². The molecule has 0 N–H and O–H groups in total. The first-order chi connectivity index (χ1) is 44.2. The van der Waals surface area contributed by atoms with Gasteiger partial charge < -0.3 is 8.83 Å². The van der Waals surface area contributed by atoms with E-state index in [0.717, 1.165) is 45.1 Å². The minimum absolute atomic E-state index is 0.973. The number of pyridine rings is 4. The molecule has 0 aliphatic carbocycles. The Morgan fingerprint density at radius 1 is 0.283 bits per heavy atom. The number of aromatic nitrogens is 4. The van der Waals surface area contributed by atoms with Gasteiger partial charge in [0.15, 0.2) is 0 Å². The standard InChI is InChI=1S/2C14H12O.2C14H12S.4C7H9N/c1-9-7-10(2)14-12(8-9)11-5-3-4-6-13(11)15-14;1-9-7-10(2)14-11-5-3-4-6-12(11)15-13(14)8-9;1-9-7-10(2)14-12(8-9)11-5-3-4-6-13(11)15-14;1-9-7-10(2)14-11-5-3-4-6-12(11)15-13(14)8-9;1-6-3-7(2)5-8-4-6;1-6-3-4-8-7(2)5-6;1-6-3-4-7(2)8-5-6;1-6-4-3-5-7(2)8-6/h4*3-8H,1-2H3;4*3-5H,1-2H3. The summed E-state index contributed by atoms with van der Waals surface area (Å²) in [6.07, 6.45) is 7.40. The van der Waals surface area contributed by atoms with Crippen molar-refractivity contribution in [3.05, 3.63) is 308 Å². The molecule has 6 nitrogen and oxygen atoms in total. The molecule has 92 heavy (non-hydrogen) atoms. The zero-order valence-electron chi connectivity index (χ0n) is 56.2. The van der Waals surface area contributed by atoms with Crippen molar-refractivity contribution in [3.8, 4) is 0 Å². The molecule has 8 aromatic heterocycles. The Kier molecular flexibility index (Phi) is 22.5. The summed E-state index contributed by atoms with van der Waals surface area (Å²) in [6.45, 7) is 33.3. The number of rotatable bonds is 0. The third-order valence-corrected chi connectivity index (χ3v) is 17.8. The second-order valence-electron chi connectivity index (χ2n) is 24.1. The molecule has 16 aromatic rings. The minimum atomic E-state index is 0.973. The highest BCUT2D eigenvalue weighted by Gasteiger charge is 2.11. The number of furan rings is 2. The first-order valence-electron chi connectivity index (χ1n) is 31.3. The third kappa shape index (κ3) is 17.5. The van der Waals surface area contributed by atoms with Crippen LogP contribution in [0, 0.1) is 111 Å². The van der Waals surface area contributed by atoms with E-state index in [0.29, 0.717) is 0 Å². The van der Waals surface area contributed by atoms with Crippen LogP contribution >= 0.6 is 22.7 Å². The van der Waals surface area contributed by atoms with Crippen LogP contribution < -0.4 is 0 Å². The second kappa shape index (κ2) is 30.9. The van der Waals surface area contributed by atoms with Crippen LogP contribution in [0.5, 0.6) is 0 Å². The molecular formula is C84H84N4O2S2. The zero-order valence-corrected chi connectivity index (χ0v) is 57.8. The molecule has 0 spiro atoms. The molecule has 0 amide bonds. The van der Waals surface area contributed by atoms with Crippen molar-refractivity contribution in [3.63, 3.8) is 0 Å². The van der Waals surface area contributed by atoms with Gasteiger partial charge in [0.05, 0.1) is 0 Å². The van der Waals surface area contributed by atoms with Crippen LogP contribution in [0.25, 0.3) is 84.2 Å². The fraction of sp³-hybridized carbons (Fsp3) is 0.190. The molecule has 16 rings (SSSR count). The van der Waals surface area contributed by atoms with Gasteiger partial charge in [-0.25, -0.2) is 0 Å². The van der Waals surface area contributed by atoms with Crippen LogP contribution in [0.2, 0.25) is 0 Å². The van der Waals surface area contributed by atoms with Gasteiger partial charge in [-0.2, -0.15) is 0 Å². The van der Waals surface area contributed by atoms with Crippen LogP contribution in [-0.4, -0.2) is 19.9 Å². The average molecular weight is 1250 g/mol. The summed E-state index contributed by atoms with van der Waals surface area (Å²) in [7, 11) is 0. The number of benzene rings is 8. The number of nitrogens with zero attached hydrogens (tertiary/aromatic N) is 4. The molecule has 0 saturated heterocycles. The van der Waals surface area contributed by atoms with Gasteiger partial charge in [0.1, 0.15) is 22.3 Å². The SMILES string of the molecule is Cc1cc(C)c2c(c1)oc1ccccc12.Cc1cc(C)c2c(c1)sc1ccccc12.Cc1cc(C)c2oc3ccccc3c2c1.Cc1cc(C)c2sc3ccccc3c2c1.Cc1ccc(C)nc1.Cc1cccc(C)n1.Cc1ccnc(C)c1.Cc1cncc(C)c1. The highest BCUT2D eigenvalue weighted by molar-refractivity contribution is 7.26. The molecule has 8 aromatic carbocycles. The molecule has 0 atom stereocenters. The lowest BCUT2D eigenvalue weighted by atomic mass is 10.1. The van der Waals surface area contributed by atoms with Gasteiger partial charge in [0, 0.05) is 109 Å². The largest absolute Gasteiger partial charge is 0.456 e. The lowest BCUT2D eigenvalue weighted by molar-refractivity contribution is 0.665. The summed E-state index contributed by atoms with van der Waals surface area (Å²) in [4.78, 5) is 16.3. The molecule has 0 aliphatic rings. The van der Waals surface area contributed by atoms with E-state index in [9.17, 15) is 0 Å². The van der Waals surface area contributed by atoms with Gasteiger partial charge in [-0.05, 0) is 251 Å². The second-order valence-corrected chi connectivity index (χ2v) is 26.3. The minimum Gasteiger partial charge on any atom is -0.456 e. The maximum Gasteiger partial charge on any atom is 0.138 e. The Hall–Kier alpha value is -9.60. The van der Waals surface area contributed by atoms with Crippen LogP contribution in [0.3, 0.4) is 0 Å². The third-order valence-electron chi connectivity index (χ3n) is 15.4. The van der Waals surface area contributed by atoms with Crippen molar-refractivity contribution in [2.45, 2.75) is 111 Å². The number of aryl methyl sites for hydroxylation is 16. The summed E-state index contributed by atoms with van der Waals surface area (Å²) in [5, 5.41) is 10.5. The average Bonchev–Trinajstić information content (AvgIpc) is 1.74. The number of hydrogen-bond donors (Lipinski definition) is 0. The maximum atomic E-state index is 5.84. The Balaban J connectivity index is 0.000000126. The quantitative estimate of drug-likeness (QED) is 0.151. The van der Waals surface area contributed by atoms with E-state index in [1.807, 2.05) is 151 Å². The predicted octanol–water partition coefficient (Wildman–Crippen LogP) is 24.5. The van der Waals surface area contributed by atoms with Gasteiger partial charge in [0.2, 0.25) is 0 Å². The topological polar surface area (TPSA) is 77.8 Å². The summed E-state index contributed by atoms with van der Waals surface area (Å²) < 4.78 is 17.3. The highest BCUT2D eigenvalue weighted by atomic mass is 32.1. The Morgan fingerprint density at radius 2 is 0.826 bits per heavy atom. The number of hydrogen-bond acceptors (Lipinski definition) is 8. The molecule has 0 unspecified atom stereocenters. The molecule has 0 bridgehead atoms. The van der Waals surface area contributed by atoms with E-state index >= 15 is 0 Å². The number of fused-ring (bicyclic) bond motifs is 12. The lowest BCUT2D eigenvalue weighted by Gasteiger charge is -1.99. The Morgan fingerprint density at radius 3 is 1.40 bits per heavy atom. The highest BCUT2D eigenvalue weighted by Crippen LogP contribution is 2.38. The van der Waals surface area contributed by atoms with E-state index in [1.54, 1.807) is 0 Å². The van der Waals surface area contributed by atoms with Gasteiger partial charge in [-0.15, -0.1) is 22.7 Å². The number of thiophene rings is 2. The molecule has 0 aliphatic heterocycles. The van der Waals surface area contributed by atoms with E-state index in [4.69, 9.17) is 8.83 Å². The zero-order chi connectivity index (χ0) is 65.6. The van der Waals surface area contributed by atoms with E-state index < -0.39 is 0 Å². The smallest absolute Gasteiger partial charge is 0.138 e. The molecule has 464 valence electrons. The number of para-hydroxylation sites is 2. The molecule has 0 fully saturated rings. The van der Waals surface area contributed by atoms with Crippen molar-refractivity contribution < 1.29 is 8.83 Å². The fourth-order valence-electron chi connectivity index (χ4n) is 11.4. The first kappa shape index (κ1) is 66.8. The lowest BCUT2D eigenvalue weighted by Crippen LogP contribution is -1.81. The van der Waals surface area contributed by atoms with Gasteiger partial charge >= 0.3 is 0 Å². The van der Waals surface area contributed by atoms with Crippen molar-refractivity contribution in [2.75, 3.05) is 0 Å². The van der Waals surface area contributed by atoms with Crippen LogP contribution in [-0.2, 0) is 0 Å². The summed E-state index contributed by atoms with van der Waals surface area (Å²) in [5.41, 5.74) is 23.8.